The second-order valence-electron chi connectivity index (χ2n) is 20.9. The van der Waals surface area contributed by atoms with Crippen molar-refractivity contribution < 1.29 is 28.6 Å². The van der Waals surface area contributed by atoms with Gasteiger partial charge in [0, 0.05) is 19.3 Å². The fourth-order valence-electron chi connectivity index (χ4n) is 8.58. The van der Waals surface area contributed by atoms with Crippen molar-refractivity contribution in [1.29, 1.82) is 0 Å². The van der Waals surface area contributed by atoms with E-state index in [1.165, 1.54) is 89.9 Å². The van der Waals surface area contributed by atoms with Crippen molar-refractivity contribution in [2.24, 2.45) is 0 Å². The summed E-state index contributed by atoms with van der Waals surface area (Å²) in [6.07, 6.45) is 94.2. The van der Waals surface area contributed by atoms with E-state index in [2.05, 4.69) is 167 Å². The third kappa shape index (κ3) is 64.0. The minimum atomic E-state index is -0.819. The highest BCUT2D eigenvalue weighted by molar-refractivity contribution is 5.71. The number of unbranched alkanes of at least 4 members (excludes halogenated alkanes) is 22. The van der Waals surface area contributed by atoms with Crippen molar-refractivity contribution in [1.82, 2.24) is 0 Å². The van der Waals surface area contributed by atoms with Gasteiger partial charge in [-0.25, -0.2) is 0 Å². The molecule has 0 aliphatic rings. The molecule has 0 heterocycles. The minimum absolute atomic E-state index is 0.107. The highest BCUT2D eigenvalue weighted by Crippen LogP contribution is 2.16. The van der Waals surface area contributed by atoms with Crippen LogP contribution in [0.4, 0.5) is 0 Å². The van der Waals surface area contributed by atoms with Crippen LogP contribution in [-0.4, -0.2) is 37.2 Å². The minimum Gasteiger partial charge on any atom is -0.462 e. The summed E-state index contributed by atoms with van der Waals surface area (Å²) < 4.78 is 16.9. The Morgan fingerprint density at radius 1 is 0.266 bits per heavy atom. The second kappa shape index (κ2) is 65.8. The van der Waals surface area contributed by atoms with Gasteiger partial charge in [-0.2, -0.15) is 0 Å². The van der Waals surface area contributed by atoms with Crippen LogP contribution < -0.4 is 0 Å². The zero-order valence-corrected chi connectivity index (χ0v) is 51.1. The molecule has 0 aliphatic heterocycles. The van der Waals surface area contributed by atoms with Gasteiger partial charge in [0.1, 0.15) is 13.2 Å². The van der Waals surface area contributed by atoms with E-state index >= 15 is 0 Å². The van der Waals surface area contributed by atoms with E-state index in [1.54, 1.807) is 0 Å². The molecule has 0 radical (unpaired) electrons. The van der Waals surface area contributed by atoms with Crippen LogP contribution in [0.25, 0.3) is 0 Å². The first-order valence-electron chi connectivity index (χ1n) is 32.3. The van der Waals surface area contributed by atoms with Gasteiger partial charge in [-0.1, -0.05) is 289 Å². The van der Waals surface area contributed by atoms with Gasteiger partial charge in [0.2, 0.25) is 0 Å². The number of rotatable bonds is 57. The van der Waals surface area contributed by atoms with Gasteiger partial charge < -0.3 is 14.2 Å². The van der Waals surface area contributed by atoms with Crippen molar-refractivity contribution >= 4 is 17.9 Å². The number of ether oxygens (including phenoxy) is 3. The van der Waals surface area contributed by atoms with Gasteiger partial charge in [-0.15, -0.1) is 0 Å². The molecule has 1 unspecified atom stereocenters. The Morgan fingerprint density at radius 2 is 0.506 bits per heavy atom. The Labute approximate surface area is 487 Å². The first-order valence-corrected chi connectivity index (χ1v) is 32.3. The summed E-state index contributed by atoms with van der Waals surface area (Å²) in [7, 11) is 0. The zero-order chi connectivity index (χ0) is 57.1. The molecule has 0 amide bonds. The highest BCUT2D eigenvalue weighted by Gasteiger charge is 2.19. The molecule has 6 heteroatoms. The van der Waals surface area contributed by atoms with Crippen LogP contribution in [0.2, 0.25) is 0 Å². The number of carbonyl (C=O) groups is 3. The molecule has 0 rings (SSSR count). The van der Waals surface area contributed by atoms with Crippen LogP contribution >= 0.6 is 0 Å². The van der Waals surface area contributed by atoms with Crippen molar-refractivity contribution in [2.45, 2.75) is 284 Å². The third-order valence-corrected chi connectivity index (χ3v) is 13.3. The fraction of sp³-hybridized carbons (Fsp3) is 0.630. The van der Waals surface area contributed by atoms with E-state index < -0.39 is 6.10 Å². The Bertz CT molecular complexity index is 1730. The van der Waals surface area contributed by atoms with E-state index in [4.69, 9.17) is 14.2 Å². The first-order chi connectivity index (χ1) is 39.0. The van der Waals surface area contributed by atoms with Crippen LogP contribution in [0, 0.1) is 0 Å². The van der Waals surface area contributed by atoms with Crippen LogP contribution in [0.3, 0.4) is 0 Å². The van der Waals surface area contributed by atoms with E-state index in [-0.39, 0.29) is 44.0 Å². The van der Waals surface area contributed by atoms with Crippen LogP contribution in [-0.2, 0) is 28.6 Å². The number of esters is 3. The van der Waals surface area contributed by atoms with Gasteiger partial charge in [0.25, 0.3) is 0 Å². The quantitative estimate of drug-likeness (QED) is 0.0261. The predicted molar refractivity (Wildman–Crippen MR) is 343 cm³/mol. The van der Waals surface area contributed by atoms with E-state index in [9.17, 15) is 14.4 Å². The molecule has 0 aromatic heterocycles. The maximum absolute atomic E-state index is 12.9. The molecule has 0 aromatic rings. The average molecular weight is 1090 g/mol. The number of allylic oxidation sites excluding steroid dienone is 24. The maximum atomic E-state index is 12.9. The lowest BCUT2D eigenvalue weighted by Gasteiger charge is -2.18. The van der Waals surface area contributed by atoms with E-state index in [1.807, 2.05) is 0 Å². The average Bonchev–Trinajstić information content (AvgIpc) is 3.45. The Hall–Kier alpha value is -4.71. The molecule has 0 fully saturated rings. The molecule has 0 N–H and O–H groups in total. The summed E-state index contributed by atoms with van der Waals surface area (Å²) in [5.74, 6) is -0.986. The summed E-state index contributed by atoms with van der Waals surface area (Å²) in [4.78, 5) is 38.4. The molecule has 0 aliphatic carbocycles. The summed E-state index contributed by atoms with van der Waals surface area (Å²) in [6, 6.07) is 0. The Balaban J connectivity index is 4.54. The van der Waals surface area contributed by atoms with Crippen LogP contribution in [0.15, 0.2) is 146 Å². The standard InChI is InChI=1S/C73H118O6/c1-4-7-10-13-16-19-22-25-28-31-33-35-36-38-39-42-45-48-51-54-57-60-63-66-72(75)78-69-70(68-77-71(74)65-62-59-56-53-50-47-44-41-30-27-24-21-18-15-12-9-6-3)79-73(76)67-64-61-58-55-52-49-46-43-40-37-34-32-29-26-23-20-17-14-11-8-5-2/h7-8,10-11,16-17,19-20,25-26,28-29,33-35,37-39,43,45-46,48,54,57,70H,4-6,9,12-15,18,21-24,27,30-32,36,40-42,44,47,49-53,55-56,58-69H2,1-3H3/b10-7-,11-8-,19-16-,20-17-,28-25-,29-26-,35-33-,37-34-,39-38-,46-43-,48-45-,57-54-. The molecular weight excluding hydrogens is 973 g/mol. The van der Waals surface area contributed by atoms with Gasteiger partial charge in [-0.05, 0) is 116 Å². The van der Waals surface area contributed by atoms with Crippen LogP contribution in [0.5, 0.6) is 0 Å². The molecule has 446 valence electrons. The van der Waals surface area contributed by atoms with E-state index in [0.717, 1.165) is 141 Å². The Kier molecular flexibility index (Phi) is 61.9. The third-order valence-electron chi connectivity index (χ3n) is 13.3. The molecule has 6 nitrogen and oxygen atoms in total. The highest BCUT2D eigenvalue weighted by atomic mass is 16.6. The monoisotopic (exact) mass is 1090 g/mol. The SMILES string of the molecule is CC/C=C\C/C=C\C/C=C\C/C=C\C/C=C\C/C=C\C/C=C\CCCC(=O)OCC(COC(=O)CCCCCCCCCCCCCCCCCCC)OC(=O)CCCCCCC/C=C\C/C=C\C/C=C\C/C=C\C/C=C\CC. The summed E-state index contributed by atoms with van der Waals surface area (Å²) >= 11 is 0. The zero-order valence-electron chi connectivity index (χ0n) is 51.1. The molecular formula is C73H118O6. The number of carbonyl (C=O) groups excluding carboxylic acids is 3. The van der Waals surface area contributed by atoms with Gasteiger partial charge in [0.15, 0.2) is 6.10 Å². The summed E-state index contributed by atoms with van der Waals surface area (Å²) in [6.45, 7) is 6.36. The largest absolute Gasteiger partial charge is 0.462 e. The first kappa shape index (κ1) is 74.3. The molecule has 0 aromatic carbocycles. The van der Waals surface area contributed by atoms with Crippen molar-refractivity contribution in [3.05, 3.63) is 146 Å². The fourth-order valence-corrected chi connectivity index (χ4v) is 8.58. The van der Waals surface area contributed by atoms with Crippen molar-refractivity contribution in [3.8, 4) is 0 Å². The molecule has 0 bridgehead atoms. The van der Waals surface area contributed by atoms with E-state index in [0.29, 0.717) is 12.8 Å². The summed E-state index contributed by atoms with van der Waals surface area (Å²) in [5.41, 5.74) is 0. The molecule has 0 spiro atoms. The number of hydrogen-bond acceptors (Lipinski definition) is 6. The van der Waals surface area contributed by atoms with Crippen LogP contribution in [0.1, 0.15) is 278 Å². The maximum Gasteiger partial charge on any atom is 0.306 e. The predicted octanol–water partition coefficient (Wildman–Crippen LogP) is 22.3. The molecule has 0 saturated heterocycles. The number of hydrogen-bond donors (Lipinski definition) is 0. The molecule has 79 heavy (non-hydrogen) atoms. The lowest BCUT2D eigenvalue weighted by molar-refractivity contribution is -0.167. The van der Waals surface area contributed by atoms with Gasteiger partial charge in [0.05, 0.1) is 0 Å². The smallest absolute Gasteiger partial charge is 0.306 e. The van der Waals surface area contributed by atoms with Crippen molar-refractivity contribution in [2.75, 3.05) is 13.2 Å². The summed E-state index contributed by atoms with van der Waals surface area (Å²) in [5, 5.41) is 0. The Morgan fingerprint density at radius 3 is 0.823 bits per heavy atom. The lowest BCUT2D eigenvalue weighted by atomic mass is 10.0. The van der Waals surface area contributed by atoms with Gasteiger partial charge in [-0.3, -0.25) is 14.4 Å². The lowest BCUT2D eigenvalue weighted by Crippen LogP contribution is -2.30. The molecule has 1 atom stereocenters. The molecule has 0 saturated carbocycles. The second-order valence-corrected chi connectivity index (χ2v) is 20.9. The topological polar surface area (TPSA) is 78.9 Å². The van der Waals surface area contributed by atoms with Crippen molar-refractivity contribution in [3.63, 3.8) is 0 Å². The van der Waals surface area contributed by atoms with Gasteiger partial charge >= 0.3 is 17.9 Å². The normalized spacial score (nSPS) is 13.1.